The second-order valence-electron chi connectivity index (χ2n) is 6.84. The van der Waals surface area contributed by atoms with Crippen molar-refractivity contribution < 1.29 is 29.1 Å². The normalized spacial score (nSPS) is 11.1. The Morgan fingerprint density at radius 2 is 1.70 bits per heavy atom. The molecule has 2 aromatic rings. The minimum absolute atomic E-state index is 0.00971. The number of anilines is 2. The van der Waals surface area contributed by atoms with Crippen LogP contribution in [0.15, 0.2) is 53.6 Å². The van der Waals surface area contributed by atoms with E-state index in [0.717, 1.165) is 12.5 Å². The second kappa shape index (κ2) is 11.2. The lowest BCUT2D eigenvalue weighted by Crippen LogP contribution is -2.49. The number of urea groups is 1. The van der Waals surface area contributed by atoms with Gasteiger partial charge in [0.1, 0.15) is 0 Å². The van der Waals surface area contributed by atoms with E-state index in [0.29, 0.717) is 5.69 Å². The van der Waals surface area contributed by atoms with Gasteiger partial charge < -0.3 is 21.5 Å². The number of para-hydroxylation sites is 1. The third-order valence-electron chi connectivity index (χ3n) is 4.33. The van der Waals surface area contributed by atoms with Crippen LogP contribution in [0.1, 0.15) is 29.3 Å². The molecular weight excluding hydrogens is 432 g/mol. The third-order valence-corrected chi connectivity index (χ3v) is 4.33. The third kappa shape index (κ3) is 6.77. The van der Waals surface area contributed by atoms with E-state index >= 15 is 0 Å². The Kier molecular flexibility index (Phi) is 8.46. The molecule has 0 radical (unpaired) electrons. The number of aliphatic carboxylic acids is 1. The van der Waals surface area contributed by atoms with Crippen molar-refractivity contribution in [1.82, 2.24) is 4.90 Å². The van der Waals surface area contributed by atoms with Crippen LogP contribution in [0, 0.1) is 5.53 Å². The predicted molar refractivity (Wildman–Crippen MR) is 116 cm³/mol. The highest BCUT2D eigenvalue weighted by atomic mass is 16.4. The Morgan fingerprint density at radius 3 is 2.27 bits per heavy atom. The molecule has 2 aromatic carbocycles. The van der Waals surface area contributed by atoms with Crippen molar-refractivity contribution in [3.63, 3.8) is 0 Å². The summed E-state index contributed by atoms with van der Waals surface area (Å²) < 4.78 is 0. The van der Waals surface area contributed by atoms with Gasteiger partial charge in [-0.1, -0.05) is 24.3 Å². The molecule has 0 spiro atoms. The van der Waals surface area contributed by atoms with Crippen molar-refractivity contribution >= 4 is 41.1 Å². The number of nitrogens with two attached hydrogens (primary N) is 1. The number of carbonyl (C=O) groups excluding carboxylic acids is 4. The Hall–Kier alpha value is -4.45. The van der Waals surface area contributed by atoms with Crippen LogP contribution >= 0.6 is 0 Å². The van der Waals surface area contributed by atoms with E-state index in [1.54, 1.807) is 24.3 Å². The van der Waals surface area contributed by atoms with Gasteiger partial charge in [-0.3, -0.25) is 19.2 Å². The van der Waals surface area contributed by atoms with Crippen molar-refractivity contribution in [2.75, 3.05) is 10.6 Å². The fourth-order valence-corrected chi connectivity index (χ4v) is 2.81. The van der Waals surface area contributed by atoms with Gasteiger partial charge in [0.15, 0.2) is 0 Å². The molecule has 0 aliphatic carbocycles. The zero-order valence-electron chi connectivity index (χ0n) is 17.6. The number of rotatable bonds is 8. The molecule has 0 saturated heterocycles. The average Bonchev–Trinajstić information content (AvgIpc) is 2.75. The molecule has 2 rings (SSSR count). The van der Waals surface area contributed by atoms with Crippen LogP contribution in [0.5, 0.6) is 0 Å². The van der Waals surface area contributed by atoms with E-state index in [4.69, 9.17) is 16.4 Å². The Labute approximate surface area is 188 Å². The van der Waals surface area contributed by atoms with Crippen LogP contribution < -0.4 is 16.4 Å². The van der Waals surface area contributed by atoms with Gasteiger partial charge in [0.2, 0.25) is 5.91 Å². The highest BCUT2D eigenvalue weighted by molar-refractivity contribution is 6.19. The summed E-state index contributed by atoms with van der Waals surface area (Å²) in [4.78, 5) is 60.9. The molecule has 172 valence electrons. The summed E-state index contributed by atoms with van der Waals surface area (Å²) in [5, 5.41) is 17.1. The molecule has 0 bridgehead atoms. The molecule has 0 saturated carbocycles. The van der Waals surface area contributed by atoms with Crippen LogP contribution in [0.25, 0.3) is 0 Å². The zero-order valence-corrected chi connectivity index (χ0v) is 17.6. The van der Waals surface area contributed by atoms with Crippen LogP contribution in [0.3, 0.4) is 0 Å². The number of hydrogen-bond donors (Lipinski definition) is 5. The van der Waals surface area contributed by atoms with Crippen LogP contribution in [0.4, 0.5) is 16.2 Å². The number of nitrogens with one attached hydrogen (secondary N) is 3. The number of nitrogens with zero attached hydrogens (tertiary/aromatic N) is 2. The van der Waals surface area contributed by atoms with Crippen molar-refractivity contribution in [1.29, 1.82) is 5.53 Å². The number of amides is 5. The molecule has 0 fully saturated rings. The Morgan fingerprint density at radius 1 is 1.06 bits per heavy atom. The van der Waals surface area contributed by atoms with Crippen molar-refractivity contribution in [2.45, 2.75) is 25.9 Å². The quantitative estimate of drug-likeness (QED) is 0.377. The van der Waals surface area contributed by atoms with E-state index in [2.05, 4.69) is 15.7 Å². The predicted octanol–water partition coefficient (Wildman–Crippen LogP) is 2.18. The maximum absolute atomic E-state index is 13.0. The van der Waals surface area contributed by atoms with Gasteiger partial charge in [0.05, 0.1) is 30.3 Å². The minimum atomic E-state index is -1.61. The van der Waals surface area contributed by atoms with Crippen molar-refractivity contribution in [3.8, 4) is 0 Å². The first kappa shape index (κ1) is 24.8. The molecule has 5 amide bonds. The first-order valence-corrected chi connectivity index (χ1v) is 9.59. The first-order valence-electron chi connectivity index (χ1n) is 9.59. The van der Waals surface area contributed by atoms with Crippen LogP contribution in [-0.2, 0) is 20.9 Å². The van der Waals surface area contributed by atoms with E-state index in [1.165, 1.54) is 24.3 Å². The van der Waals surface area contributed by atoms with E-state index in [1.807, 2.05) is 0 Å². The summed E-state index contributed by atoms with van der Waals surface area (Å²) in [6, 6.07) is 9.96. The number of carboxylic acid groups (broad SMARTS) is 1. The molecule has 0 unspecified atom stereocenters. The van der Waals surface area contributed by atoms with Gasteiger partial charge in [-0.15, -0.1) is 0 Å². The molecule has 1 atom stereocenters. The SMILES string of the molecule is CC(=O)N(C(=O)c1ccccc1NC(=O)Nc1ccc(CN=N)cc1)C(=O)[C@@H](N)CC(=O)O. The first-order chi connectivity index (χ1) is 15.6. The smallest absolute Gasteiger partial charge is 0.323 e. The number of hydrogen-bond acceptors (Lipinski definition) is 8. The number of carbonyl (C=O) groups is 5. The van der Waals surface area contributed by atoms with E-state index < -0.39 is 42.2 Å². The molecule has 6 N–H and O–H groups in total. The summed E-state index contributed by atoms with van der Waals surface area (Å²) in [7, 11) is 0. The molecule has 0 aliphatic heterocycles. The van der Waals surface area contributed by atoms with Gasteiger partial charge in [-0.25, -0.2) is 15.2 Å². The summed E-state index contributed by atoms with van der Waals surface area (Å²) >= 11 is 0. The molecule has 0 aliphatic rings. The highest BCUT2D eigenvalue weighted by Gasteiger charge is 2.33. The number of benzene rings is 2. The van der Waals surface area contributed by atoms with Gasteiger partial charge >= 0.3 is 12.0 Å². The summed E-state index contributed by atoms with van der Waals surface area (Å²) in [5.74, 6) is -4.56. The van der Waals surface area contributed by atoms with E-state index in [-0.39, 0.29) is 22.7 Å². The Balaban J connectivity index is 2.21. The minimum Gasteiger partial charge on any atom is -0.481 e. The fourth-order valence-electron chi connectivity index (χ4n) is 2.81. The lowest BCUT2D eigenvalue weighted by molar-refractivity contribution is -0.145. The molecule has 33 heavy (non-hydrogen) atoms. The average molecular weight is 454 g/mol. The highest BCUT2D eigenvalue weighted by Crippen LogP contribution is 2.19. The maximum Gasteiger partial charge on any atom is 0.323 e. The standard InChI is InChI=1S/C21H22N6O6/c1-12(28)27(20(32)16(22)10-18(29)30)19(31)15-4-2-3-5-17(15)26-21(33)25-14-8-6-13(7-9-14)11-24-23/h2-9,16,23H,10-11,22H2,1H3,(H,29,30)(H2,25,26,33)/t16-/m0/s1. The maximum atomic E-state index is 13.0. The van der Waals surface area contributed by atoms with Crippen molar-refractivity contribution in [3.05, 3.63) is 59.7 Å². The summed E-state index contributed by atoms with van der Waals surface area (Å²) in [5.41, 5.74) is 13.4. The largest absolute Gasteiger partial charge is 0.481 e. The number of carboxylic acids is 1. The lowest BCUT2D eigenvalue weighted by Gasteiger charge is -2.21. The second-order valence-corrected chi connectivity index (χ2v) is 6.84. The monoisotopic (exact) mass is 454 g/mol. The van der Waals surface area contributed by atoms with Gasteiger partial charge in [0.25, 0.3) is 11.8 Å². The summed E-state index contributed by atoms with van der Waals surface area (Å²) in [6.07, 6.45) is -0.771. The molecular formula is C21H22N6O6. The van der Waals surface area contributed by atoms with E-state index in [9.17, 15) is 24.0 Å². The summed E-state index contributed by atoms with van der Waals surface area (Å²) in [6.45, 7) is 1.17. The van der Waals surface area contributed by atoms with Crippen molar-refractivity contribution in [2.24, 2.45) is 10.8 Å². The van der Waals surface area contributed by atoms with Crippen LogP contribution in [0.2, 0.25) is 0 Å². The zero-order chi connectivity index (χ0) is 24.5. The molecule has 12 nitrogen and oxygen atoms in total. The molecule has 12 heteroatoms. The lowest BCUT2D eigenvalue weighted by atomic mass is 10.1. The Bertz CT molecular complexity index is 1080. The van der Waals surface area contributed by atoms with Crippen LogP contribution in [-0.4, -0.2) is 45.8 Å². The van der Waals surface area contributed by atoms with Gasteiger partial charge in [-0.2, -0.15) is 5.11 Å². The number of imide groups is 3. The van der Waals surface area contributed by atoms with Gasteiger partial charge in [-0.05, 0) is 29.8 Å². The molecule has 0 heterocycles. The van der Waals surface area contributed by atoms with Gasteiger partial charge in [0, 0.05) is 12.6 Å². The topological polar surface area (TPSA) is 195 Å². The fraction of sp³-hybridized carbons (Fsp3) is 0.190. The molecule has 0 aromatic heterocycles.